The number of carbonyl (C=O) groups excluding carboxylic acids is 2. The van der Waals surface area contributed by atoms with E-state index in [9.17, 15) is 14.7 Å². The van der Waals surface area contributed by atoms with E-state index in [1.54, 1.807) is 42.7 Å². The molecule has 1 aliphatic heterocycles. The van der Waals surface area contributed by atoms with Crippen molar-refractivity contribution in [1.82, 2.24) is 4.98 Å². The van der Waals surface area contributed by atoms with Gasteiger partial charge in [-0.2, -0.15) is 0 Å². The molecule has 162 valence electrons. The predicted molar refractivity (Wildman–Crippen MR) is 123 cm³/mol. The summed E-state index contributed by atoms with van der Waals surface area (Å²) in [5.41, 5.74) is 3.19. The quantitative estimate of drug-likeness (QED) is 0.345. The number of aromatic nitrogens is 1. The second-order valence-electron chi connectivity index (χ2n) is 7.59. The summed E-state index contributed by atoms with van der Waals surface area (Å²) >= 11 is 6.33. The van der Waals surface area contributed by atoms with Crippen molar-refractivity contribution < 1.29 is 19.4 Å². The summed E-state index contributed by atoms with van der Waals surface area (Å²) in [4.78, 5) is 32.0. The molecule has 7 heteroatoms. The maximum Gasteiger partial charge on any atom is 0.300 e. The van der Waals surface area contributed by atoms with Gasteiger partial charge in [0.1, 0.15) is 11.5 Å². The van der Waals surface area contributed by atoms with Gasteiger partial charge in [-0.1, -0.05) is 35.4 Å². The van der Waals surface area contributed by atoms with Gasteiger partial charge >= 0.3 is 0 Å². The fourth-order valence-electron chi connectivity index (χ4n) is 3.97. The highest BCUT2D eigenvalue weighted by molar-refractivity contribution is 6.52. The number of aliphatic hydroxyl groups excluding tert-OH is 1. The van der Waals surface area contributed by atoms with Gasteiger partial charge in [0.25, 0.3) is 11.7 Å². The molecule has 0 saturated carbocycles. The molecular formula is C25H21ClN2O4. The first kappa shape index (κ1) is 21.6. The number of anilines is 1. The van der Waals surface area contributed by atoms with E-state index in [2.05, 4.69) is 4.98 Å². The zero-order valence-corrected chi connectivity index (χ0v) is 18.6. The Bertz CT molecular complexity index is 1250. The zero-order chi connectivity index (χ0) is 23.0. The SMILES string of the molecule is COc1ccc(Cl)c(/C(O)=C2\C(=O)C(=O)N(c3ccc(C)cc3C)C2c2cccnc2)c1. The number of aryl methyl sites for hydroxylation is 2. The normalized spacial score (nSPS) is 17.6. The van der Waals surface area contributed by atoms with Crippen LogP contribution >= 0.6 is 11.6 Å². The second kappa shape index (κ2) is 8.48. The smallest absolute Gasteiger partial charge is 0.300 e. The van der Waals surface area contributed by atoms with Gasteiger partial charge in [0.15, 0.2) is 0 Å². The standard InChI is InChI=1S/C25H21ClN2O4/c1-14-6-9-20(15(2)11-14)28-22(16-5-4-10-27-13-16)21(24(30)25(28)31)23(29)18-12-17(32-3)7-8-19(18)26/h4-13,22,29H,1-3H3/b23-21+. The fourth-order valence-corrected chi connectivity index (χ4v) is 4.17. The summed E-state index contributed by atoms with van der Waals surface area (Å²) in [5.74, 6) is -1.44. The molecular weight excluding hydrogens is 428 g/mol. The van der Waals surface area contributed by atoms with E-state index in [1.807, 2.05) is 26.0 Å². The van der Waals surface area contributed by atoms with E-state index in [0.29, 0.717) is 17.0 Å². The van der Waals surface area contributed by atoms with Crippen molar-refractivity contribution in [2.75, 3.05) is 12.0 Å². The lowest BCUT2D eigenvalue weighted by atomic mass is 9.95. The summed E-state index contributed by atoms with van der Waals surface area (Å²) in [6.45, 7) is 3.83. The molecule has 32 heavy (non-hydrogen) atoms. The number of methoxy groups -OCH3 is 1. The molecule has 1 atom stereocenters. The van der Waals surface area contributed by atoms with Crippen LogP contribution in [0.2, 0.25) is 5.02 Å². The molecule has 1 unspecified atom stereocenters. The third-order valence-electron chi connectivity index (χ3n) is 5.49. The second-order valence-corrected chi connectivity index (χ2v) is 8.00. The summed E-state index contributed by atoms with van der Waals surface area (Å²) in [7, 11) is 1.49. The number of ketones is 1. The first-order chi connectivity index (χ1) is 15.3. The van der Waals surface area contributed by atoms with Crippen LogP contribution in [0.5, 0.6) is 5.75 Å². The first-order valence-corrected chi connectivity index (χ1v) is 10.3. The number of aliphatic hydroxyl groups is 1. The minimum absolute atomic E-state index is 0.0573. The average molecular weight is 449 g/mol. The van der Waals surface area contributed by atoms with Crippen molar-refractivity contribution in [3.63, 3.8) is 0 Å². The van der Waals surface area contributed by atoms with E-state index < -0.39 is 17.7 Å². The van der Waals surface area contributed by atoms with Crippen molar-refractivity contribution in [1.29, 1.82) is 0 Å². The maximum atomic E-state index is 13.2. The fraction of sp³-hybridized carbons (Fsp3) is 0.160. The summed E-state index contributed by atoms with van der Waals surface area (Å²) in [5, 5.41) is 11.5. The van der Waals surface area contributed by atoms with Crippen LogP contribution in [0.4, 0.5) is 5.69 Å². The average Bonchev–Trinajstić information content (AvgIpc) is 3.05. The van der Waals surface area contributed by atoms with Gasteiger partial charge in [-0.25, -0.2) is 0 Å². The van der Waals surface area contributed by atoms with Crippen LogP contribution in [-0.4, -0.2) is 28.9 Å². The van der Waals surface area contributed by atoms with Crippen LogP contribution in [0.3, 0.4) is 0 Å². The number of pyridine rings is 1. The molecule has 1 fully saturated rings. The minimum Gasteiger partial charge on any atom is -0.507 e. The van der Waals surface area contributed by atoms with Crippen LogP contribution in [0.15, 0.2) is 66.5 Å². The Morgan fingerprint density at radius 3 is 2.56 bits per heavy atom. The van der Waals surface area contributed by atoms with Gasteiger partial charge in [-0.15, -0.1) is 0 Å². The first-order valence-electron chi connectivity index (χ1n) is 9.95. The molecule has 2 heterocycles. The highest BCUT2D eigenvalue weighted by Gasteiger charge is 2.47. The Hall–Kier alpha value is -3.64. The monoisotopic (exact) mass is 448 g/mol. The molecule has 6 nitrogen and oxygen atoms in total. The van der Waals surface area contributed by atoms with E-state index in [-0.39, 0.29) is 21.9 Å². The number of rotatable bonds is 4. The summed E-state index contributed by atoms with van der Waals surface area (Å²) < 4.78 is 5.23. The molecule has 3 aromatic rings. The number of Topliss-reactive ketones (excluding diaryl/α,β-unsaturated/α-hetero) is 1. The molecule has 1 aliphatic rings. The van der Waals surface area contributed by atoms with Gasteiger partial charge in [0.05, 0.1) is 23.7 Å². The molecule has 1 amide bonds. The van der Waals surface area contributed by atoms with Crippen LogP contribution in [-0.2, 0) is 9.59 Å². The van der Waals surface area contributed by atoms with Crippen LogP contribution in [0.1, 0.15) is 28.3 Å². The summed E-state index contributed by atoms with van der Waals surface area (Å²) in [6, 6.07) is 13.0. The van der Waals surface area contributed by atoms with Crippen LogP contribution < -0.4 is 9.64 Å². The third kappa shape index (κ3) is 3.63. The van der Waals surface area contributed by atoms with E-state index in [0.717, 1.165) is 11.1 Å². The molecule has 1 aromatic heterocycles. The number of ether oxygens (including phenoxy) is 1. The minimum atomic E-state index is -0.868. The number of carbonyl (C=O) groups is 2. The molecule has 2 aromatic carbocycles. The van der Waals surface area contributed by atoms with Crippen molar-refractivity contribution in [3.05, 3.63) is 93.8 Å². The number of hydrogen-bond acceptors (Lipinski definition) is 5. The van der Waals surface area contributed by atoms with Crippen molar-refractivity contribution in [2.24, 2.45) is 0 Å². The Morgan fingerprint density at radius 2 is 1.91 bits per heavy atom. The van der Waals surface area contributed by atoms with Crippen molar-refractivity contribution in [3.8, 4) is 5.75 Å². The molecule has 4 rings (SSSR count). The topological polar surface area (TPSA) is 79.7 Å². The van der Waals surface area contributed by atoms with Gasteiger partial charge in [0.2, 0.25) is 0 Å². The molecule has 0 aliphatic carbocycles. The lowest BCUT2D eigenvalue weighted by Gasteiger charge is -2.26. The largest absolute Gasteiger partial charge is 0.507 e. The van der Waals surface area contributed by atoms with Gasteiger partial charge in [0, 0.05) is 23.6 Å². The van der Waals surface area contributed by atoms with Gasteiger partial charge in [-0.05, 0) is 55.3 Å². The maximum absolute atomic E-state index is 13.2. The Balaban J connectivity index is 1.99. The van der Waals surface area contributed by atoms with Crippen molar-refractivity contribution >= 4 is 34.7 Å². The number of benzene rings is 2. The number of nitrogens with zero attached hydrogens (tertiary/aromatic N) is 2. The van der Waals surface area contributed by atoms with E-state index >= 15 is 0 Å². The molecule has 0 spiro atoms. The van der Waals surface area contributed by atoms with Gasteiger partial charge in [-0.3, -0.25) is 19.5 Å². The lowest BCUT2D eigenvalue weighted by molar-refractivity contribution is -0.132. The predicted octanol–water partition coefficient (Wildman–Crippen LogP) is 4.99. The zero-order valence-electron chi connectivity index (χ0n) is 17.8. The third-order valence-corrected chi connectivity index (χ3v) is 5.81. The highest BCUT2D eigenvalue weighted by atomic mass is 35.5. The molecule has 1 saturated heterocycles. The lowest BCUT2D eigenvalue weighted by Crippen LogP contribution is -2.30. The Kier molecular flexibility index (Phi) is 5.72. The summed E-state index contributed by atoms with van der Waals surface area (Å²) in [6.07, 6.45) is 3.18. The number of halogens is 1. The Labute approximate surface area is 190 Å². The Morgan fingerprint density at radius 1 is 1.12 bits per heavy atom. The molecule has 0 radical (unpaired) electrons. The van der Waals surface area contributed by atoms with Crippen molar-refractivity contribution in [2.45, 2.75) is 19.9 Å². The molecule has 0 bridgehead atoms. The van der Waals surface area contributed by atoms with Crippen LogP contribution in [0.25, 0.3) is 5.76 Å². The van der Waals surface area contributed by atoms with Crippen LogP contribution in [0, 0.1) is 13.8 Å². The highest BCUT2D eigenvalue weighted by Crippen LogP contribution is 2.44. The number of amides is 1. The molecule has 1 N–H and O–H groups in total. The number of hydrogen-bond donors (Lipinski definition) is 1. The van der Waals surface area contributed by atoms with E-state index in [1.165, 1.54) is 18.1 Å². The van der Waals surface area contributed by atoms with E-state index in [4.69, 9.17) is 16.3 Å². The van der Waals surface area contributed by atoms with Gasteiger partial charge < -0.3 is 9.84 Å².